The molecule has 4 heteroatoms. The molecule has 1 aliphatic rings. The van der Waals surface area contributed by atoms with Crippen LogP contribution in [0, 0.1) is 5.92 Å². The second-order valence-electron chi connectivity index (χ2n) is 5.04. The lowest BCUT2D eigenvalue weighted by Crippen LogP contribution is -2.26. The molecule has 0 spiro atoms. The molecule has 2 atom stereocenters. The van der Waals surface area contributed by atoms with Crippen LogP contribution in [0.1, 0.15) is 36.6 Å². The van der Waals surface area contributed by atoms with Crippen molar-refractivity contribution >= 4 is 27.5 Å². The number of benzene rings is 1. The van der Waals surface area contributed by atoms with Gasteiger partial charge < -0.3 is 4.74 Å². The van der Waals surface area contributed by atoms with Crippen LogP contribution in [-0.4, -0.2) is 18.1 Å². The summed E-state index contributed by atoms with van der Waals surface area (Å²) in [6.45, 7) is 0. The van der Waals surface area contributed by atoms with E-state index in [1.807, 2.05) is 18.2 Å². The van der Waals surface area contributed by atoms with Crippen LogP contribution in [0.2, 0.25) is 0 Å². The van der Waals surface area contributed by atoms with E-state index in [9.17, 15) is 4.79 Å². The van der Waals surface area contributed by atoms with E-state index < -0.39 is 0 Å². The zero-order chi connectivity index (χ0) is 13.2. The fourth-order valence-corrected chi connectivity index (χ4v) is 4.08. The summed E-state index contributed by atoms with van der Waals surface area (Å²) in [6.07, 6.45) is 4.25. The van der Waals surface area contributed by atoms with Gasteiger partial charge in [0.1, 0.15) is 0 Å². The number of thiazole rings is 1. The maximum absolute atomic E-state index is 11.9. The van der Waals surface area contributed by atoms with Gasteiger partial charge in [0.15, 0.2) is 0 Å². The van der Waals surface area contributed by atoms with Gasteiger partial charge in [-0.05, 0) is 25.0 Å². The first kappa shape index (κ1) is 12.6. The Morgan fingerprint density at radius 2 is 2.11 bits per heavy atom. The average molecular weight is 275 g/mol. The Kier molecular flexibility index (Phi) is 3.51. The van der Waals surface area contributed by atoms with Crippen LogP contribution in [-0.2, 0) is 9.53 Å². The van der Waals surface area contributed by atoms with E-state index in [0.29, 0.717) is 0 Å². The highest BCUT2D eigenvalue weighted by Crippen LogP contribution is 2.41. The van der Waals surface area contributed by atoms with Crippen molar-refractivity contribution in [1.29, 1.82) is 0 Å². The SMILES string of the molecule is COC(=O)C1CCCCC1c1nc2ccccc2s1. The molecule has 0 aliphatic heterocycles. The van der Waals surface area contributed by atoms with Crippen LogP contribution in [0.25, 0.3) is 10.2 Å². The minimum atomic E-state index is -0.0797. The molecule has 0 radical (unpaired) electrons. The van der Waals surface area contributed by atoms with Crippen molar-refractivity contribution in [1.82, 2.24) is 4.98 Å². The number of esters is 1. The molecule has 0 saturated heterocycles. The molecule has 1 aliphatic carbocycles. The molecule has 0 N–H and O–H groups in total. The van der Waals surface area contributed by atoms with Crippen LogP contribution in [0.15, 0.2) is 24.3 Å². The van der Waals surface area contributed by atoms with Gasteiger partial charge in [-0.15, -0.1) is 11.3 Å². The van der Waals surface area contributed by atoms with Gasteiger partial charge >= 0.3 is 5.97 Å². The van der Waals surface area contributed by atoms with Gasteiger partial charge in [0.25, 0.3) is 0 Å². The molecule has 2 unspecified atom stereocenters. The predicted octanol–water partition coefficient (Wildman–Crippen LogP) is 3.74. The molecule has 3 rings (SSSR count). The molecule has 1 heterocycles. The summed E-state index contributed by atoms with van der Waals surface area (Å²) in [5.74, 6) is 0.141. The summed E-state index contributed by atoms with van der Waals surface area (Å²) >= 11 is 1.72. The van der Waals surface area contributed by atoms with Crippen molar-refractivity contribution in [3.05, 3.63) is 29.3 Å². The zero-order valence-corrected chi connectivity index (χ0v) is 11.8. The number of hydrogen-bond donors (Lipinski definition) is 0. The molecule has 1 saturated carbocycles. The van der Waals surface area contributed by atoms with Gasteiger partial charge in [0.05, 0.1) is 28.3 Å². The van der Waals surface area contributed by atoms with E-state index >= 15 is 0 Å². The number of methoxy groups -OCH3 is 1. The van der Waals surface area contributed by atoms with Crippen molar-refractivity contribution in [3.63, 3.8) is 0 Å². The minimum Gasteiger partial charge on any atom is -0.469 e. The third-order valence-corrected chi connectivity index (χ3v) is 5.07. The number of nitrogens with zero attached hydrogens (tertiary/aromatic N) is 1. The van der Waals surface area contributed by atoms with E-state index in [1.54, 1.807) is 11.3 Å². The van der Waals surface area contributed by atoms with Crippen molar-refractivity contribution in [3.8, 4) is 0 Å². The third-order valence-electron chi connectivity index (χ3n) is 3.90. The summed E-state index contributed by atoms with van der Waals surface area (Å²) in [7, 11) is 1.48. The molecule has 1 aromatic carbocycles. The number of carbonyl (C=O) groups excluding carboxylic acids is 1. The number of ether oxygens (including phenoxy) is 1. The highest BCUT2D eigenvalue weighted by Gasteiger charge is 2.34. The number of aromatic nitrogens is 1. The summed E-state index contributed by atoms with van der Waals surface area (Å²) in [4.78, 5) is 16.6. The molecule has 2 aromatic rings. The standard InChI is InChI=1S/C15H17NO2S/c1-18-15(17)11-7-3-2-6-10(11)14-16-12-8-4-5-9-13(12)19-14/h4-5,8-11H,2-3,6-7H2,1H3. The van der Waals surface area contributed by atoms with Gasteiger partial charge in [-0.2, -0.15) is 0 Å². The van der Waals surface area contributed by atoms with Gasteiger partial charge in [-0.25, -0.2) is 4.98 Å². The first-order valence-electron chi connectivity index (χ1n) is 6.73. The fraction of sp³-hybridized carbons (Fsp3) is 0.467. The molecule has 100 valence electrons. The lowest BCUT2D eigenvalue weighted by Gasteiger charge is -2.27. The molecular weight excluding hydrogens is 258 g/mol. The second kappa shape index (κ2) is 5.29. The monoisotopic (exact) mass is 275 g/mol. The zero-order valence-electron chi connectivity index (χ0n) is 11.0. The Morgan fingerprint density at radius 1 is 1.32 bits per heavy atom. The number of hydrogen-bond acceptors (Lipinski definition) is 4. The van der Waals surface area contributed by atoms with E-state index in [-0.39, 0.29) is 17.8 Å². The smallest absolute Gasteiger partial charge is 0.309 e. The summed E-state index contributed by atoms with van der Waals surface area (Å²) in [5, 5.41) is 1.09. The maximum atomic E-state index is 11.9. The minimum absolute atomic E-state index is 0.0145. The Labute approximate surface area is 116 Å². The third kappa shape index (κ3) is 2.37. The number of rotatable bonds is 2. The van der Waals surface area contributed by atoms with E-state index in [4.69, 9.17) is 9.72 Å². The van der Waals surface area contributed by atoms with E-state index in [2.05, 4.69) is 6.07 Å². The molecule has 19 heavy (non-hydrogen) atoms. The van der Waals surface area contributed by atoms with Gasteiger partial charge in [0.2, 0.25) is 0 Å². The topological polar surface area (TPSA) is 39.2 Å². The summed E-state index contributed by atoms with van der Waals surface area (Å²) in [6, 6.07) is 8.16. The highest BCUT2D eigenvalue weighted by molar-refractivity contribution is 7.18. The maximum Gasteiger partial charge on any atom is 0.309 e. The Hall–Kier alpha value is -1.42. The predicted molar refractivity (Wildman–Crippen MR) is 76.3 cm³/mol. The molecule has 1 fully saturated rings. The Bertz CT molecular complexity index is 560. The first-order valence-corrected chi connectivity index (χ1v) is 7.54. The largest absolute Gasteiger partial charge is 0.469 e. The lowest BCUT2D eigenvalue weighted by atomic mass is 9.79. The van der Waals surface area contributed by atoms with Crippen molar-refractivity contribution in [2.75, 3.05) is 7.11 Å². The fourth-order valence-electron chi connectivity index (χ4n) is 2.91. The normalized spacial score (nSPS) is 23.4. The van der Waals surface area contributed by atoms with Crippen molar-refractivity contribution in [2.24, 2.45) is 5.92 Å². The lowest BCUT2D eigenvalue weighted by molar-refractivity contribution is -0.147. The molecule has 0 bridgehead atoms. The second-order valence-corrected chi connectivity index (χ2v) is 6.10. The molecule has 0 amide bonds. The summed E-state index contributed by atoms with van der Waals surface area (Å²) in [5.41, 5.74) is 1.04. The van der Waals surface area contributed by atoms with Crippen LogP contribution in [0.4, 0.5) is 0 Å². The van der Waals surface area contributed by atoms with Gasteiger partial charge in [0, 0.05) is 5.92 Å². The quantitative estimate of drug-likeness (QED) is 0.784. The molecule has 3 nitrogen and oxygen atoms in total. The van der Waals surface area contributed by atoms with Crippen LogP contribution in [0.3, 0.4) is 0 Å². The van der Waals surface area contributed by atoms with Crippen LogP contribution >= 0.6 is 11.3 Å². The summed E-state index contributed by atoms with van der Waals surface area (Å²) < 4.78 is 6.15. The van der Waals surface area contributed by atoms with E-state index in [0.717, 1.165) is 29.8 Å². The Balaban J connectivity index is 1.95. The number of carbonyl (C=O) groups is 1. The first-order chi connectivity index (χ1) is 9.29. The van der Waals surface area contributed by atoms with E-state index in [1.165, 1.54) is 18.2 Å². The molecule has 1 aromatic heterocycles. The number of fused-ring (bicyclic) bond motifs is 1. The highest BCUT2D eigenvalue weighted by atomic mass is 32.1. The van der Waals surface area contributed by atoms with Gasteiger partial charge in [-0.1, -0.05) is 25.0 Å². The van der Waals surface area contributed by atoms with Crippen molar-refractivity contribution < 1.29 is 9.53 Å². The van der Waals surface area contributed by atoms with Crippen LogP contribution < -0.4 is 0 Å². The van der Waals surface area contributed by atoms with Crippen molar-refractivity contribution in [2.45, 2.75) is 31.6 Å². The van der Waals surface area contributed by atoms with Crippen LogP contribution in [0.5, 0.6) is 0 Å². The van der Waals surface area contributed by atoms with Gasteiger partial charge in [-0.3, -0.25) is 4.79 Å². The molecular formula is C15H17NO2S. The Morgan fingerprint density at radius 3 is 2.89 bits per heavy atom. The average Bonchev–Trinajstić information content (AvgIpc) is 2.90. The number of para-hydroxylation sites is 1.